The van der Waals surface area contributed by atoms with Gasteiger partial charge in [-0.25, -0.2) is 19.1 Å². The normalized spacial score (nSPS) is 10.7. The number of aryl methyl sites for hydroxylation is 1. The summed E-state index contributed by atoms with van der Waals surface area (Å²) in [6.07, 6.45) is 2.88. The smallest absolute Gasteiger partial charge is 0.378 e. The number of hydrogen-bond acceptors (Lipinski definition) is 8. The number of carbonyl (C=O) groups excluding carboxylic acids is 2. The second-order valence-electron chi connectivity index (χ2n) is 4.58. The van der Waals surface area contributed by atoms with E-state index in [4.69, 9.17) is 9.15 Å². The minimum absolute atomic E-state index is 0.0132. The van der Waals surface area contributed by atoms with Crippen molar-refractivity contribution in [2.24, 2.45) is 0 Å². The maximum atomic E-state index is 12.0. The number of hydrogen-bond donors (Lipinski definition) is 0. The lowest BCUT2D eigenvalue weighted by Crippen LogP contribution is -2.10. The minimum Gasteiger partial charge on any atom is -0.463 e. The van der Waals surface area contributed by atoms with E-state index in [1.165, 1.54) is 24.0 Å². The second kappa shape index (κ2) is 5.87. The monoisotopic (exact) mass is 316 g/mol. The van der Waals surface area contributed by atoms with Crippen LogP contribution in [0.15, 0.2) is 29.0 Å². The highest BCUT2D eigenvalue weighted by molar-refractivity contribution is 5.88. The molecular formula is C14H12N4O5. The molecule has 0 spiro atoms. The second-order valence-corrected chi connectivity index (χ2v) is 4.58. The number of nitrogens with zero attached hydrogens (tertiary/aromatic N) is 4. The minimum atomic E-state index is -0.730. The quantitative estimate of drug-likeness (QED) is 0.660. The van der Waals surface area contributed by atoms with Crippen molar-refractivity contribution in [2.75, 3.05) is 7.11 Å². The highest BCUT2D eigenvalue weighted by Crippen LogP contribution is 2.14. The molecule has 0 N–H and O–H groups in total. The van der Waals surface area contributed by atoms with Crippen LogP contribution in [0.1, 0.15) is 32.4 Å². The molecule has 0 aliphatic rings. The number of fused-ring (bicyclic) bond motifs is 1. The summed E-state index contributed by atoms with van der Waals surface area (Å²) in [6.45, 7) is 1.65. The Morgan fingerprint density at radius 2 is 2.13 bits per heavy atom. The summed E-state index contributed by atoms with van der Waals surface area (Å²) in [5.41, 5.74) is 1.17. The number of furan rings is 1. The Morgan fingerprint density at radius 1 is 1.30 bits per heavy atom. The molecule has 0 saturated heterocycles. The Hall–Kier alpha value is -3.23. The van der Waals surface area contributed by atoms with Crippen LogP contribution in [0, 0.1) is 6.92 Å². The lowest BCUT2D eigenvalue weighted by Gasteiger charge is -2.02. The molecule has 0 fully saturated rings. The van der Waals surface area contributed by atoms with Gasteiger partial charge < -0.3 is 13.9 Å². The van der Waals surface area contributed by atoms with Crippen molar-refractivity contribution in [1.82, 2.24) is 19.6 Å². The van der Waals surface area contributed by atoms with Crippen LogP contribution in [0.3, 0.4) is 0 Å². The van der Waals surface area contributed by atoms with Crippen molar-refractivity contribution in [3.05, 3.63) is 47.4 Å². The van der Waals surface area contributed by atoms with E-state index in [1.807, 2.05) is 6.92 Å². The van der Waals surface area contributed by atoms with Crippen molar-refractivity contribution in [2.45, 2.75) is 13.5 Å². The molecule has 9 nitrogen and oxygen atoms in total. The van der Waals surface area contributed by atoms with Crippen LogP contribution < -0.4 is 0 Å². The van der Waals surface area contributed by atoms with Gasteiger partial charge in [0.05, 0.1) is 13.4 Å². The highest BCUT2D eigenvalue weighted by atomic mass is 16.5. The first-order valence-corrected chi connectivity index (χ1v) is 6.60. The molecule has 23 heavy (non-hydrogen) atoms. The Kier molecular flexibility index (Phi) is 3.75. The van der Waals surface area contributed by atoms with Crippen molar-refractivity contribution >= 4 is 17.7 Å². The fourth-order valence-electron chi connectivity index (χ4n) is 1.92. The van der Waals surface area contributed by atoms with E-state index in [1.54, 1.807) is 12.3 Å². The van der Waals surface area contributed by atoms with E-state index in [2.05, 4.69) is 19.8 Å². The number of aromatic nitrogens is 4. The first-order chi connectivity index (χ1) is 11.1. The fraction of sp³-hybridized carbons (Fsp3) is 0.214. The molecule has 3 rings (SSSR count). The van der Waals surface area contributed by atoms with Crippen LogP contribution in [0.2, 0.25) is 0 Å². The summed E-state index contributed by atoms with van der Waals surface area (Å²) in [7, 11) is 1.23. The Balaban J connectivity index is 1.75. The van der Waals surface area contributed by atoms with Crippen molar-refractivity contribution < 1.29 is 23.5 Å². The number of carbonyl (C=O) groups is 2. The highest BCUT2D eigenvalue weighted by Gasteiger charge is 2.20. The van der Waals surface area contributed by atoms with Gasteiger partial charge in [-0.15, -0.1) is 5.10 Å². The topological polar surface area (TPSA) is 109 Å². The number of ether oxygens (including phenoxy) is 2. The van der Waals surface area contributed by atoms with E-state index in [-0.39, 0.29) is 18.2 Å². The van der Waals surface area contributed by atoms with Gasteiger partial charge in [-0.3, -0.25) is 0 Å². The van der Waals surface area contributed by atoms with E-state index in [9.17, 15) is 9.59 Å². The van der Waals surface area contributed by atoms with Crippen molar-refractivity contribution in [1.29, 1.82) is 0 Å². The van der Waals surface area contributed by atoms with Gasteiger partial charge in [0.1, 0.15) is 6.61 Å². The molecule has 9 heteroatoms. The number of esters is 2. The molecular weight excluding hydrogens is 304 g/mol. The van der Waals surface area contributed by atoms with Crippen LogP contribution in [0.4, 0.5) is 0 Å². The maximum absolute atomic E-state index is 12.0. The molecule has 0 aliphatic heterocycles. The zero-order chi connectivity index (χ0) is 16.4. The molecule has 0 radical (unpaired) electrons. The lowest BCUT2D eigenvalue weighted by molar-refractivity contribution is 0.0441. The summed E-state index contributed by atoms with van der Waals surface area (Å²) in [5.74, 6) is -1.20. The summed E-state index contributed by atoms with van der Waals surface area (Å²) < 4.78 is 16.1. The third-order valence-corrected chi connectivity index (χ3v) is 3.09. The van der Waals surface area contributed by atoms with Crippen LogP contribution in [0.5, 0.6) is 0 Å². The molecule has 0 bridgehead atoms. The SMILES string of the molecule is COC(=O)c1occc1COC(=O)c1nc2nccc(C)n2n1. The van der Waals surface area contributed by atoms with Crippen molar-refractivity contribution in [3.8, 4) is 0 Å². The first kappa shape index (κ1) is 14.7. The molecule has 3 aromatic rings. The molecule has 3 heterocycles. The average molecular weight is 316 g/mol. The predicted molar refractivity (Wildman–Crippen MR) is 74.7 cm³/mol. The van der Waals surface area contributed by atoms with Gasteiger partial charge in [0.25, 0.3) is 11.6 Å². The third kappa shape index (κ3) is 2.76. The van der Waals surface area contributed by atoms with E-state index < -0.39 is 11.9 Å². The number of rotatable bonds is 4. The molecule has 0 amide bonds. The summed E-state index contributed by atoms with van der Waals surface area (Å²) in [4.78, 5) is 31.5. The molecule has 0 atom stereocenters. The molecule has 0 saturated carbocycles. The fourth-order valence-corrected chi connectivity index (χ4v) is 1.92. The van der Waals surface area contributed by atoms with Gasteiger partial charge in [0, 0.05) is 17.5 Å². The average Bonchev–Trinajstić information content (AvgIpc) is 3.19. The first-order valence-electron chi connectivity index (χ1n) is 6.60. The van der Waals surface area contributed by atoms with Gasteiger partial charge in [-0.05, 0) is 19.1 Å². The van der Waals surface area contributed by atoms with E-state index in [0.29, 0.717) is 11.3 Å². The summed E-state index contributed by atoms with van der Waals surface area (Å²) in [6, 6.07) is 3.26. The van der Waals surface area contributed by atoms with E-state index in [0.717, 1.165) is 5.69 Å². The largest absolute Gasteiger partial charge is 0.463 e. The zero-order valence-corrected chi connectivity index (χ0v) is 12.3. The Labute approximate surface area is 129 Å². The van der Waals surface area contributed by atoms with Gasteiger partial charge in [-0.1, -0.05) is 0 Å². The van der Waals surface area contributed by atoms with Gasteiger partial charge in [0.15, 0.2) is 0 Å². The lowest BCUT2D eigenvalue weighted by atomic mass is 10.2. The van der Waals surface area contributed by atoms with Crippen molar-refractivity contribution in [3.63, 3.8) is 0 Å². The van der Waals surface area contributed by atoms with Gasteiger partial charge in [0.2, 0.25) is 5.76 Å². The standard InChI is InChI=1S/C14H12N4O5/c1-8-3-5-15-14-16-11(17-18(8)14)13(20)23-7-9-4-6-22-10(9)12(19)21-2/h3-6H,7H2,1-2H3. The molecule has 118 valence electrons. The van der Waals surface area contributed by atoms with Crippen LogP contribution in [-0.4, -0.2) is 38.6 Å². The molecule has 0 aliphatic carbocycles. The third-order valence-electron chi connectivity index (χ3n) is 3.09. The van der Waals surface area contributed by atoms with Crippen LogP contribution in [-0.2, 0) is 16.1 Å². The Morgan fingerprint density at radius 3 is 2.87 bits per heavy atom. The summed E-state index contributed by atoms with van der Waals surface area (Å²) >= 11 is 0. The van der Waals surface area contributed by atoms with E-state index >= 15 is 0 Å². The zero-order valence-electron chi connectivity index (χ0n) is 12.3. The summed E-state index contributed by atoms with van der Waals surface area (Å²) in [5, 5.41) is 4.04. The predicted octanol–water partition coefficient (Wildman–Crippen LogP) is 1.17. The van der Waals surface area contributed by atoms with Gasteiger partial charge in [-0.2, -0.15) is 4.98 Å². The van der Waals surface area contributed by atoms with Gasteiger partial charge >= 0.3 is 11.9 Å². The molecule has 0 aromatic carbocycles. The Bertz CT molecular complexity index is 882. The molecule has 0 unspecified atom stereocenters. The van der Waals surface area contributed by atoms with Crippen LogP contribution in [0.25, 0.3) is 5.78 Å². The molecule has 3 aromatic heterocycles. The number of methoxy groups -OCH3 is 1. The maximum Gasteiger partial charge on any atom is 0.378 e. The van der Waals surface area contributed by atoms with Crippen LogP contribution >= 0.6 is 0 Å².